The third-order valence-electron chi connectivity index (χ3n) is 3.80. The average molecular weight is 277 g/mol. The van der Waals surface area contributed by atoms with E-state index in [9.17, 15) is 5.11 Å². The monoisotopic (exact) mass is 277 g/mol. The molecular weight excluding hydrogens is 250 g/mol. The molecule has 0 aliphatic heterocycles. The molecule has 112 valence electrons. The summed E-state index contributed by atoms with van der Waals surface area (Å²) in [5.74, 6) is 1.35. The van der Waals surface area contributed by atoms with Gasteiger partial charge in [-0.05, 0) is 35.8 Å². The molecule has 1 atom stereocenters. The average Bonchev–Trinajstić information content (AvgIpc) is 3.26. The molecule has 3 nitrogen and oxygen atoms in total. The van der Waals surface area contributed by atoms with Crippen LogP contribution in [-0.2, 0) is 4.74 Å². The van der Waals surface area contributed by atoms with Crippen LogP contribution < -0.4 is 5.32 Å². The van der Waals surface area contributed by atoms with Gasteiger partial charge in [0.25, 0.3) is 0 Å². The van der Waals surface area contributed by atoms with Crippen molar-refractivity contribution in [2.24, 2.45) is 5.92 Å². The van der Waals surface area contributed by atoms with Crippen molar-refractivity contribution in [1.82, 2.24) is 5.32 Å². The molecular formula is C17H27NO2. The van der Waals surface area contributed by atoms with Crippen LogP contribution in [0, 0.1) is 5.92 Å². The molecule has 0 spiro atoms. The van der Waals surface area contributed by atoms with Gasteiger partial charge in [-0.2, -0.15) is 0 Å². The Morgan fingerprint density at radius 1 is 1.20 bits per heavy atom. The number of rotatable bonds is 9. The van der Waals surface area contributed by atoms with Crippen LogP contribution in [0.1, 0.15) is 49.8 Å². The molecule has 0 amide bonds. The fourth-order valence-electron chi connectivity index (χ4n) is 2.14. The first-order chi connectivity index (χ1) is 9.66. The molecule has 0 heterocycles. The summed E-state index contributed by atoms with van der Waals surface area (Å²) in [5.41, 5.74) is 2.28. The number of hydrogen-bond donors (Lipinski definition) is 2. The van der Waals surface area contributed by atoms with E-state index >= 15 is 0 Å². The normalized spacial score (nSPS) is 16.6. The number of ether oxygens (including phenoxy) is 1. The highest BCUT2D eigenvalue weighted by Crippen LogP contribution is 2.28. The zero-order valence-corrected chi connectivity index (χ0v) is 12.6. The van der Waals surface area contributed by atoms with E-state index in [1.165, 1.54) is 18.4 Å². The molecule has 1 fully saturated rings. The quantitative estimate of drug-likeness (QED) is 0.682. The Morgan fingerprint density at radius 2 is 1.85 bits per heavy atom. The van der Waals surface area contributed by atoms with Gasteiger partial charge in [0.1, 0.15) is 0 Å². The summed E-state index contributed by atoms with van der Waals surface area (Å²) in [6.45, 7) is 7.36. The lowest BCUT2D eigenvalue weighted by atomic mass is 10.00. The third kappa shape index (κ3) is 5.23. The van der Waals surface area contributed by atoms with Crippen molar-refractivity contribution in [3.63, 3.8) is 0 Å². The maximum absolute atomic E-state index is 10.1. The number of aliphatic hydroxyl groups excluding tert-OH is 1. The Morgan fingerprint density at radius 3 is 2.45 bits per heavy atom. The van der Waals surface area contributed by atoms with E-state index in [1.807, 2.05) is 12.1 Å². The summed E-state index contributed by atoms with van der Waals surface area (Å²) >= 11 is 0. The molecule has 1 aromatic carbocycles. The van der Waals surface area contributed by atoms with E-state index in [0.29, 0.717) is 12.5 Å². The molecule has 0 saturated heterocycles. The van der Waals surface area contributed by atoms with Gasteiger partial charge in [-0.3, -0.25) is 0 Å². The van der Waals surface area contributed by atoms with Gasteiger partial charge < -0.3 is 15.2 Å². The summed E-state index contributed by atoms with van der Waals surface area (Å²) in [6, 6.07) is 8.24. The van der Waals surface area contributed by atoms with Crippen LogP contribution in [0.25, 0.3) is 0 Å². The third-order valence-corrected chi connectivity index (χ3v) is 3.80. The predicted molar refractivity (Wildman–Crippen MR) is 81.9 cm³/mol. The molecule has 1 saturated carbocycles. The topological polar surface area (TPSA) is 41.5 Å². The zero-order valence-electron chi connectivity index (χ0n) is 12.6. The van der Waals surface area contributed by atoms with Gasteiger partial charge in [-0.15, -0.1) is 0 Å². The van der Waals surface area contributed by atoms with Gasteiger partial charge >= 0.3 is 0 Å². The minimum atomic E-state index is -0.445. The van der Waals surface area contributed by atoms with Crippen molar-refractivity contribution in [3.05, 3.63) is 35.4 Å². The largest absolute Gasteiger partial charge is 0.387 e. The Hall–Kier alpha value is -0.900. The van der Waals surface area contributed by atoms with Crippen LogP contribution >= 0.6 is 0 Å². The Bertz CT molecular complexity index is 384. The van der Waals surface area contributed by atoms with Gasteiger partial charge in [0.2, 0.25) is 0 Å². The van der Waals surface area contributed by atoms with E-state index < -0.39 is 6.10 Å². The minimum absolute atomic E-state index is 0.445. The van der Waals surface area contributed by atoms with E-state index in [2.05, 4.69) is 31.3 Å². The summed E-state index contributed by atoms with van der Waals surface area (Å²) in [4.78, 5) is 0. The van der Waals surface area contributed by atoms with Gasteiger partial charge in [0, 0.05) is 19.7 Å². The SMILES string of the molecule is CC(C)c1ccc(C(O)CNCCOCC2CC2)cc1. The van der Waals surface area contributed by atoms with Gasteiger partial charge in [0.05, 0.1) is 12.7 Å². The molecule has 20 heavy (non-hydrogen) atoms. The number of hydrogen-bond acceptors (Lipinski definition) is 3. The molecule has 2 rings (SSSR count). The molecule has 1 aromatic rings. The molecule has 0 radical (unpaired) electrons. The highest BCUT2D eigenvalue weighted by Gasteiger charge is 2.20. The molecule has 2 N–H and O–H groups in total. The number of aliphatic hydroxyl groups is 1. The Kier molecular flexibility index (Phi) is 6.02. The first-order valence-electron chi connectivity index (χ1n) is 7.73. The van der Waals surface area contributed by atoms with Crippen molar-refractivity contribution in [1.29, 1.82) is 0 Å². The first kappa shape index (κ1) is 15.5. The van der Waals surface area contributed by atoms with Crippen LogP contribution in [-0.4, -0.2) is 31.4 Å². The second-order valence-corrected chi connectivity index (χ2v) is 6.06. The fourth-order valence-corrected chi connectivity index (χ4v) is 2.14. The van der Waals surface area contributed by atoms with Crippen LogP contribution in [0.2, 0.25) is 0 Å². The van der Waals surface area contributed by atoms with Crippen LogP contribution in [0.15, 0.2) is 24.3 Å². The number of nitrogens with one attached hydrogen (secondary N) is 1. The van der Waals surface area contributed by atoms with E-state index in [0.717, 1.165) is 31.2 Å². The predicted octanol–water partition coefficient (Wildman–Crippen LogP) is 2.86. The highest BCUT2D eigenvalue weighted by atomic mass is 16.5. The lowest BCUT2D eigenvalue weighted by Gasteiger charge is -2.13. The van der Waals surface area contributed by atoms with Crippen molar-refractivity contribution in [2.75, 3.05) is 26.3 Å². The summed E-state index contributed by atoms with van der Waals surface area (Å²) in [7, 11) is 0. The maximum atomic E-state index is 10.1. The van der Waals surface area contributed by atoms with Crippen LogP contribution in [0.4, 0.5) is 0 Å². The molecule has 0 aromatic heterocycles. The van der Waals surface area contributed by atoms with Crippen molar-refractivity contribution in [2.45, 2.75) is 38.7 Å². The van der Waals surface area contributed by atoms with E-state index in [4.69, 9.17) is 4.74 Å². The Labute approximate surface area is 122 Å². The lowest BCUT2D eigenvalue weighted by Crippen LogP contribution is -2.25. The van der Waals surface area contributed by atoms with Gasteiger partial charge in [-0.1, -0.05) is 38.1 Å². The van der Waals surface area contributed by atoms with Crippen molar-refractivity contribution >= 4 is 0 Å². The standard InChI is InChI=1S/C17H27NO2/c1-13(2)15-5-7-16(8-6-15)17(19)11-18-9-10-20-12-14-3-4-14/h5-8,13-14,17-19H,3-4,9-12H2,1-2H3. The maximum Gasteiger partial charge on any atom is 0.0914 e. The zero-order chi connectivity index (χ0) is 14.4. The first-order valence-corrected chi connectivity index (χ1v) is 7.73. The second kappa shape index (κ2) is 7.77. The molecule has 3 heteroatoms. The number of benzene rings is 1. The summed E-state index contributed by atoms with van der Waals surface area (Å²) < 4.78 is 5.54. The molecule has 1 aliphatic carbocycles. The minimum Gasteiger partial charge on any atom is -0.387 e. The van der Waals surface area contributed by atoms with Crippen molar-refractivity contribution in [3.8, 4) is 0 Å². The van der Waals surface area contributed by atoms with E-state index in [1.54, 1.807) is 0 Å². The van der Waals surface area contributed by atoms with Crippen molar-refractivity contribution < 1.29 is 9.84 Å². The van der Waals surface area contributed by atoms with Gasteiger partial charge in [0.15, 0.2) is 0 Å². The fraction of sp³-hybridized carbons (Fsp3) is 0.647. The molecule has 0 bridgehead atoms. The summed E-state index contributed by atoms with van der Waals surface area (Å²) in [6.07, 6.45) is 2.22. The van der Waals surface area contributed by atoms with E-state index in [-0.39, 0.29) is 0 Å². The van der Waals surface area contributed by atoms with Crippen LogP contribution in [0.3, 0.4) is 0 Å². The lowest BCUT2D eigenvalue weighted by molar-refractivity contribution is 0.119. The smallest absolute Gasteiger partial charge is 0.0914 e. The Balaban J connectivity index is 1.61. The van der Waals surface area contributed by atoms with Crippen LogP contribution in [0.5, 0.6) is 0 Å². The molecule has 1 aliphatic rings. The summed E-state index contributed by atoms with van der Waals surface area (Å²) in [5, 5.41) is 13.3. The highest BCUT2D eigenvalue weighted by molar-refractivity contribution is 5.26. The second-order valence-electron chi connectivity index (χ2n) is 6.06. The molecule has 1 unspecified atom stereocenters. The van der Waals surface area contributed by atoms with Gasteiger partial charge in [-0.25, -0.2) is 0 Å².